The maximum atomic E-state index is 12.2. The highest BCUT2D eigenvalue weighted by Crippen LogP contribution is 2.19. The van der Waals surface area contributed by atoms with Crippen LogP contribution in [-0.4, -0.2) is 66.3 Å². The van der Waals surface area contributed by atoms with Crippen molar-refractivity contribution in [3.63, 3.8) is 0 Å². The third-order valence-electron chi connectivity index (χ3n) is 2.97. The fourth-order valence-electron chi connectivity index (χ4n) is 2.06. The topological polar surface area (TPSA) is 70.1 Å². The molecule has 0 aromatic rings. The molecular formula is C12H20N2O4. The maximum absolute atomic E-state index is 12.2. The number of carbonyl (C=O) groups excluding carboxylic acids is 1. The Bertz CT molecular complexity index is 319. The van der Waals surface area contributed by atoms with Crippen LogP contribution >= 0.6 is 0 Å². The number of ether oxygens (including phenoxy) is 1. The van der Waals surface area contributed by atoms with Crippen molar-refractivity contribution in [1.29, 1.82) is 0 Å². The molecule has 0 bridgehead atoms. The second kappa shape index (κ2) is 7.00. The van der Waals surface area contributed by atoms with Gasteiger partial charge in [0.1, 0.15) is 6.04 Å². The van der Waals surface area contributed by atoms with Crippen LogP contribution in [0, 0.1) is 0 Å². The summed E-state index contributed by atoms with van der Waals surface area (Å²) in [5.74, 6) is -0.939. The van der Waals surface area contributed by atoms with Gasteiger partial charge in [0.15, 0.2) is 0 Å². The molecule has 6 heteroatoms. The lowest BCUT2D eigenvalue weighted by Crippen LogP contribution is -2.48. The van der Waals surface area contributed by atoms with Gasteiger partial charge in [0.2, 0.25) is 0 Å². The second-order valence-corrected chi connectivity index (χ2v) is 4.20. The summed E-state index contributed by atoms with van der Waals surface area (Å²) in [6, 6.07) is -0.954. The molecule has 0 aromatic carbocycles. The van der Waals surface area contributed by atoms with E-state index in [9.17, 15) is 9.59 Å². The molecule has 102 valence electrons. The number of rotatable bonds is 6. The lowest BCUT2D eigenvalue weighted by molar-refractivity contribution is -0.141. The molecule has 1 aliphatic heterocycles. The highest BCUT2D eigenvalue weighted by Gasteiger charge is 2.35. The average molecular weight is 256 g/mol. The first kappa shape index (κ1) is 14.5. The molecule has 1 aliphatic rings. The third-order valence-corrected chi connectivity index (χ3v) is 2.97. The minimum absolute atomic E-state index is 0.253. The van der Waals surface area contributed by atoms with Crippen molar-refractivity contribution in [2.45, 2.75) is 18.9 Å². The van der Waals surface area contributed by atoms with E-state index < -0.39 is 12.0 Å². The van der Waals surface area contributed by atoms with Crippen LogP contribution in [0.5, 0.6) is 0 Å². The molecule has 1 fully saturated rings. The summed E-state index contributed by atoms with van der Waals surface area (Å²) in [7, 11) is 1.56. The number of carboxylic acid groups (broad SMARTS) is 1. The third kappa shape index (κ3) is 3.46. The molecule has 1 saturated heterocycles. The van der Waals surface area contributed by atoms with Crippen LogP contribution in [0.25, 0.3) is 0 Å². The van der Waals surface area contributed by atoms with Crippen molar-refractivity contribution in [2.24, 2.45) is 0 Å². The molecule has 2 amide bonds. The number of carbonyl (C=O) groups is 2. The zero-order valence-corrected chi connectivity index (χ0v) is 10.7. The molecule has 0 saturated carbocycles. The van der Waals surface area contributed by atoms with Gasteiger partial charge in [-0.1, -0.05) is 6.08 Å². The van der Waals surface area contributed by atoms with Gasteiger partial charge in [-0.15, -0.1) is 6.58 Å². The molecule has 1 heterocycles. The largest absolute Gasteiger partial charge is 0.480 e. The SMILES string of the molecule is C=CCN(CCOC)C(=O)N1CCC[C@H]1C(=O)O. The van der Waals surface area contributed by atoms with Crippen molar-refractivity contribution in [1.82, 2.24) is 9.80 Å². The van der Waals surface area contributed by atoms with Crippen molar-refractivity contribution >= 4 is 12.0 Å². The summed E-state index contributed by atoms with van der Waals surface area (Å²) in [4.78, 5) is 26.3. The molecule has 0 aliphatic carbocycles. The molecule has 1 N–H and O–H groups in total. The average Bonchev–Trinajstić information content (AvgIpc) is 2.82. The van der Waals surface area contributed by atoms with E-state index in [1.807, 2.05) is 0 Å². The quantitative estimate of drug-likeness (QED) is 0.713. The highest BCUT2D eigenvalue weighted by molar-refractivity contribution is 5.83. The first-order valence-electron chi connectivity index (χ1n) is 6.00. The molecule has 0 aromatic heterocycles. The number of likely N-dealkylation sites (tertiary alicyclic amines) is 1. The van der Waals surface area contributed by atoms with E-state index in [-0.39, 0.29) is 6.03 Å². The van der Waals surface area contributed by atoms with Crippen LogP contribution < -0.4 is 0 Å². The Morgan fingerprint density at radius 1 is 1.61 bits per heavy atom. The summed E-state index contributed by atoms with van der Waals surface area (Å²) in [6.07, 6.45) is 2.88. The van der Waals surface area contributed by atoms with Crippen LogP contribution in [0.3, 0.4) is 0 Å². The Morgan fingerprint density at radius 3 is 2.89 bits per heavy atom. The zero-order chi connectivity index (χ0) is 13.5. The second-order valence-electron chi connectivity index (χ2n) is 4.20. The summed E-state index contributed by atoms with van der Waals surface area (Å²) in [5.41, 5.74) is 0. The van der Waals surface area contributed by atoms with Gasteiger partial charge in [-0.2, -0.15) is 0 Å². The minimum Gasteiger partial charge on any atom is -0.480 e. The van der Waals surface area contributed by atoms with Crippen LogP contribution in [0.2, 0.25) is 0 Å². The summed E-state index contributed by atoms with van der Waals surface area (Å²) in [5, 5.41) is 9.06. The summed E-state index contributed by atoms with van der Waals surface area (Å²) < 4.78 is 4.94. The van der Waals surface area contributed by atoms with E-state index in [1.54, 1.807) is 18.1 Å². The van der Waals surface area contributed by atoms with Gasteiger partial charge < -0.3 is 19.6 Å². The van der Waals surface area contributed by atoms with E-state index in [0.717, 1.165) is 6.42 Å². The molecular weight excluding hydrogens is 236 g/mol. The zero-order valence-electron chi connectivity index (χ0n) is 10.7. The first-order chi connectivity index (χ1) is 8.61. The first-order valence-corrected chi connectivity index (χ1v) is 6.00. The normalized spacial score (nSPS) is 18.7. The van der Waals surface area contributed by atoms with Crippen LogP contribution in [-0.2, 0) is 9.53 Å². The number of hydrogen-bond donors (Lipinski definition) is 1. The monoisotopic (exact) mass is 256 g/mol. The van der Waals surface area contributed by atoms with Gasteiger partial charge >= 0.3 is 12.0 Å². The van der Waals surface area contributed by atoms with Crippen molar-refractivity contribution in [2.75, 3.05) is 33.4 Å². The van der Waals surface area contributed by atoms with Crippen molar-refractivity contribution < 1.29 is 19.4 Å². The predicted octanol–water partition coefficient (Wildman–Crippen LogP) is 0.790. The molecule has 0 radical (unpaired) electrons. The Hall–Kier alpha value is -1.56. The molecule has 0 unspecified atom stereocenters. The molecule has 6 nitrogen and oxygen atoms in total. The molecule has 1 rings (SSSR count). The van der Waals surface area contributed by atoms with E-state index in [2.05, 4.69) is 6.58 Å². The fraction of sp³-hybridized carbons (Fsp3) is 0.667. The Morgan fingerprint density at radius 2 is 2.33 bits per heavy atom. The van der Waals surface area contributed by atoms with Crippen LogP contribution in [0.15, 0.2) is 12.7 Å². The summed E-state index contributed by atoms with van der Waals surface area (Å²) >= 11 is 0. The lowest BCUT2D eigenvalue weighted by Gasteiger charge is -2.29. The Labute approximate surface area is 107 Å². The van der Waals surface area contributed by atoms with Crippen LogP contribution in [0.4, 0.5) is 4.79 Å². The fourth-order valence-corrected chi connectivity index (χ4v) is 2.06. The van der Waals surface area contributed by atoms with E-state index in [4.69, 9.17) is 9.84 Å². The number of hydrogen-bond acceptors (Lipinski definition) is 3. The van der Waals surface area contributed by atoms with Crippen LogP contribution in [0.1, 0.15) is 12.8 Å². The van der Waals surface area contributed by atoms with E-state index in [0.29, 0.717) is 32.7 Å². The van der Waals surface area contributed by atoms with Crippen molar-refractivity contribution in [3.8, 4) is 0 Å². The number of nitrogens with zero attached hydrogens (tertiary/aromatic N) is 2. The molecule has 0 spiro atoms. The molecule has 18 heavy (non-hydrogen) atoms. The van der Waals surface area contributed by atoms with Gasteiger partial charge in [0, 0.05) is 26.7 Å². The van der Waals surface area contributed by atoms with E-state index in [1.165, 1.54) is 4.90 Å². The highest BCUT2D eigenvalue weighted by atomic mass is 16.5. The van der Waals surface area contributed by atoms with Crippen molar-refractivity contribution in [3.05, 3.63) is 12.7 Å². The Balaban J connectivity index is 2.68. The Kier molecular flexibility index (Phi) is 5.64. The van der Waals surface area contributed by atoms with Gasteiger partial charge in [-0.3, -0.25) is 0 Å². The smallest absolute Gasteiger partial charge is 0.326 e. The number of amides is 2. The maximum Gasteiger partial charge on any atom is 0.326 e. The van der Waals surface area contributed by atoms with Gasteiger partial charge in [-0.05, 0) is 12.8 Å². The number of carboxylic acids is 1. The van der Waals surface area contributed by atoms with Gasteiger partial charge in [0.25, 0.3) is 0 Å². The lowest BCUT2D eigenvalue weighted by atomic mass is 10.2. The summed E-state index contributed by atoms with van der Waals surface area (Å²) in [6.45, 7) is 5.35. The predicted molar refractivity (Wildman–Crippen MR) is 66.4 cm³/mol. The molecule has 1 atom stereocenters. The van der Waals surface area contributed by atoms with E-state index >= 15 is 0 Å². The number of methoxy groups -OCH3 is 1. The minimum atomic E-state index is -0.939. The van der Waals surface area contributed by atoms with Gasteiger partial charge in [0.05, 0.1) is 6.61 Å². The standard InChI is InChI=1S/C12H20N2O4/c1-3-6-13(8-9-18-2)12(17)14-7-4-5-10(14)11(15)16/h3,10H,1,4-9H2,2H3,(H,15,16)/t10-/m0/s1. The van der Waals surface area contributed by atoms with Gasteiger partial charge in [-0.25, -0.2) is 9.59 Å². The number of aliphatic carboxylic acids is 1. The number of urea groups is 1.